The van der Waals surface area contributed by atoms with Crippen LogP contribution in [0.5, 0.6) is 0 Å². The third-order valence-electron chi connectivity index (χ3n) is 1.82. The second-order valence-corrected chi connectivity index (χ2v) is 7.85. The van der Waals surface area contributed by atoms with Crippen molar-refractivity contribution in [3.05, 3.63) is 35.9 Å². The summed E-state index contributed by atoms with van der Waals surface area (Å²) in [7, 11) is 0. The summed E-state index contributed by atoms with van der Waals surface area (Å²) in [6.45, 7) is 4.70. The molecule has 66 valence electrons. The summed E-state index contributed by atoms with van der Waals surface area (Å²) in [5.41, 5.74) is 1.50. The Balaban J connectivity index is 2.41. The topological polar surface area (TPSA) is 0 Å². The Morgan fingerprint density at radius 3 is 2.50 bits per heavy atom. The zero-order valence-corrected chi connectivity index (χ0v) is 10.1. The van der Waals surface area contributed by atoms with Crippen LogP contribution in [0.4, 0.5) is 0 Å². The van der Waals surface area contributed by atoms with Gasteiger partial charge < -0.3 is 0 Å². The van der Waals surface area contributed by atoms with Gasteiger partial charge in [-0.15, -0.1) is 0 Å². The van der Waals surface area contributed by atoms with Crippen molar-refractivity contribution in [1.82, 2.24) is 0 Å². The second kappa shape index (κ2) is 5.62. The van der Waals surface area contributed by atoms with Crippen molar-refractivity contribution in [2.24, 2.45) is 0 Å². The summed E-state index contributed by atoms with van der Waals surface area (Å²) >= 11 is 0.275. The Bertz CT molecular complexity index is 206. The summed E-state index contributed by atoms with van der Waals surface area (Å²) in [5.74, 6) is 0. The maximum atomic E-state index is 2.39. The monoisotopic (exact) mass is 278 g/mol. The first-order valence-electron chi connectivity index (χ1n) is 4.48. The van der Waals surface area contributed by atoms with Crippen LogP contribution in [0, 0.1) is 0 Å². The van der Waals surface area contributed by atoms with E-state index in [-0.39, 0.29) is 20.9 Å². The molecule has 0 aromatic heterocycles. The molecule has 0 radical (unpaired) electrons. The first-order valence-corrected chi connectivity index (χ1v) is 7.47. The van der Waals surface area contributed by atoms with Gasteiger partial charge in [0.15, 0.2) is 0 Å². The molecule has 1 aromatic carbocycles. The molecule has 0 aliphatic heterocycles. The van der Waals surface area contributed by atoms with Crippen LogP contribution in [0.15, 0.2) is 30.3 Å². The van der Waals surface area contributed by atoms with Gasteiger partial charge in [0.25, 0.3) is 0 Å². The Kier molecular flexibility index (Phi) is 4.73. The Labute approximate surface area is 85.5 Å². The van der Waals surface area contributed by atoms with Gasteiger partial charge in [-0.2, -0.15) is 0 Å². The van der Waals surface area contributed by atoms with Crippen molar-refractivity contribution in [2.45, 2.75) is 28.7 Å². The molecule has 0 nitrogen and oxygen atoms in total. The van der Waals surface area contributed by atoms with Crippen molar-refractivity contribution in [1.29, 1.82) is 0 Å². The minimum atomic E-state index is 0.275. The first-order chi connectivity index (χ1) is 5.83. The predicted molar refractivity (Wildman–Crippen MR) is 55.8 cm³/mol. The fourth-order valence-electron chi connectivity index (χ4n) is 1.29. The van der Waals surface area contributed by atoms with Crippen LogP contribution in [0.1, 0.15) is 19.4 Å². The van der Waals surface area contributed by atoms with Gasteiger partial charge in [0.2, 0.25) is 0 Å². The van der Waals surface area contributed by atoms with E-state index in [1.807, 2.05) is 0 Å². The molecule has 0 bridgehead atoms. The van der Waals surface area contributed by atoms with Crippen molar-refractivity contribution in [3.8, 4) is 0 Å². The average Bonchev–Trinajstić information content (AvgIpc) is 2.06. The summed E-state index contributed by atoms with van der Waals surface area (Å²) in [5, 5.41) is 0. The molecule has 0 heterocycles. The third kappa shape index (κ3) is 3.61. The Morgan fingerprint density at radius 2 is 1.92 bits per heavy atom. The fourth-order valence-corrected chi connectivity index (χ4v) is 3.80. The van der Waals surface area contributed by atoms with Crippen molar-refractivity contribution in [3.63, 3.8) is 0 Å². The quantitative estimate of drug-likeness (QED) is 0.741. The van der Waals surface area contributed by atoms with Gasteiger partial charge >= 0.3 is 85.5 Å². The van der Waals surface area contributed by atoms with Gasteiger partial charge in [-0.3, -0.25) is 0 Å². The fraction of sp³-hybridized carbons (Fsp3) is 0.455. The minimum absolute atomic E-state index is 0.275. The Morgan fingerprint density at radius 1 is 1.25 bits per heavy atom. The second-order valence-electron chi connectivity index (χ2n) is 2.96. The number of hydrogen-bond acceptors (Lipinski definition) is 0. The van der Waals surface area contributed by atoms with E-state index in [9.17, 15) is 0 Å². The molecule has 1 aromatic rings. The van der Waals surface area contributed by atoms with Crippen LogP contribution in [0.25, 0.3) is 0 Å². The van der Waals surface area contributed by atoms with Gasteiger partial charge in [-0.25, -0.2) is 0 Å². The van der Waals surface area contributed by atoms with Gasteiger partial charge in [-0.1, -0.05) is 0 Å². The normalized spacial score (nSPS) is 12.8. The van der Waals surface area contributed by atoms with E-state index in [1.165, 1.54) is 16.5 Å². The SMILES string of the molecule is CC[Te]C(C)Cc1ccccc1. The van der Waals surface area contributed by atoms with E-state index in [2.05, 4.69) is 44.2 Å². The number of benzene rings is 1. The molecule has 1 rings (SSSR count). The molecule has 12 heavy (non-hydrogen) atoms. The van der Waals surface area contributed by atoms with Gasteiger partial charge in [0.05, 0.1) is 0 Å². The van der Waals surface area contributed by atoms with Gasteiger partial charge in [0, 0.05) is 0 Å². The predicted octanol–water partition coefficient (Wildman–Crippen LogP) is 3.18. The molecule has 0 aliphatic carbocycles. The van der Waals surface area contributed by atoms with Crippen molar-refractivity contribution < 1.29 is 0 Å². The van der Waals surface area contributed by atoms with E-state index in [4.69, 9.17) is 0 Å². The molecule has 0 fully saturated rings. The number of rotatable bonds is 4. The van der Waals surface area contributed by atoms with E-state index >= 15 is 0 Å². The molecule has 0 spiro atoms. The Hall–Kier alpha value is 0.00961. The zero-order valence-electron chi connectivity index (χ0n) is 7.79. The van der Waals surface area contributed by atoms with E-state index in [0.717, 1.165) is 3.97 Å². The molecule has 0 saturated heterocycles. The molecule has 0 amide bonds. The molecule has 0 saturated carbocycles. The van der Waals surface area contributed by atoms with Gasteiger partial charge in [-0.05, 0) is 0 Å². The molecular weight excluding hydrogens is 260 g/mol. The summed E-state index contributed by atoms with van der Waals surface area (Å²) in [6, 6.07) is 10.8. The van der Waals surface area contributed by atoms with Crippen molar-refractivity contribution >= 4 is 20.9 Å². The van der Waals surface area contributed by atoms with Crippen LogP contribution in [0.2, 0.25) is 8.43 Å². The van der Waals surface area contributed by atoms with E-state index in [1.54, 1.807) is 0 Å². The number of hydrogen-bond donors (Lipinski definition) is 0. The molecule has 0 aliphatic rings. The summed E-state index contributed by atoms with van der Waals surface area (Å²) in [4.78, 5) is 0. The first kappa shape index (κ1) is 10.1. The van der Waals surface area contributed by atoms with Crippen LogP contribution in [-0.2, 0) is 6.42 Å². The molecule has 1 atom stereocenters. The third-order valence-corrected chi connectivity index (χ3v) is 4.87. The maximum absolute atomic E-state index is 2.39. The van der Waals surface area contributed by atoms with Crippen LogP contribution in [-0.4, -0.2) is 20.9 Å². The molecule has 1 unspecified atom stereocenters. The summed E-state index contributed by atoms with van der Waals surface area (Å²) < 4.78 is 2.39. The zero-order chi connectivity index (χ0) is 8.81. The average molecular weight is 276 g/mol. The van der Waals surface area contributed by atoms with Crippen LogP contribution >= 0.6 is 0 Å². The van der Waals surface area contributed by atoms with Crippen molar-refractivity contribution in [2.75, 3.05) is 0 Å². The summed E-state index contributed by atoms with van der Waals surface area (Å²) in [6.07, 6.45) is 1.29. The molecule has 0 N–H and O–H groups in total. The van der Waals surface area contributed by atoms with Crippen LogP contribution in [0.3, 0.4) is 0 Å². The molecule has 1 heteroatoms. The van der Waals surface area contributed by atoms with Gasteiger partial charge in [0.1, 0.15) is 0 Å². The van der Waals surface area contributed by atoms with Crippen LogP contribution < -0.4 is 0 Å². The van der Waals surface area contributed by atoms with E-state index in [0.29, 0.717) is 0 Å². The van der Waals surface area contributed by atoms with E-state index < -0.39 is 0 Å². The standard InChI is InChI=1S/C11H16Te/c1-3-12-10(2)9-11-7-5-4-6-8-11/h4-8,10H,3,9H2,1-2H3. The molecular formula is C11H16Te.